The van der Waals surface area contributed by atoms with Gasteiger partial charge in [0.1, 0.15) is 5.75 Å². The van der Waals surface area contributed by atoms with Crippen molar-refractivity contribution in [1.82, 2.24) is 5.32 Å². The molecule has 6 heteroatoms. The van der Waals surface area contributed by atoms with Crippen molar-refractivity contribution in [2.75, 3.05) is 6.61 Å². The topological polar surface area (TPSA) is 41.5 Å². The van der Waals surface area contributed by atoms with Crippen molar-refractivity contribution in [1.29, 1.82) is 0 Å². The summed E-state index contributed by atoms with van der Waals surface area (Å²) in [6.45, 7) is 2.51. The summed E-state index contributed by atoms with van der Waals surface area (Å²) in [6.07, 6.45) is -2.47. The van der Waals surface area contributed by atoms with Gasteiger partial charge in [0.05, 0.1) is 6.61 Å². The standard InChI is InChI=1S/C14H18F3NO2/c1-13(9-19,11-4-5-11)18-8-10-2-6-12(7-3-10)20-14(15,16)17/h2-3,6-7,11,18-19H,4-5,8-9H2,1H3. The molecule has 0 amide bonds. The number of nitrogens with one attached hydrogen (secondary N) is 1. The summed E-state index contributed by atoms with van der Waals surface area (Å²) >= 11 is 0. The molecule has 0 radical (unpaired) electrons. The summed E-state index contributed by atoms with van der Waals surface area (Å²) in [5, 5.41) is 12.7. The van der Waals surface area contributed by atoms with Gasteiger partial charge in [-0.05, 0) is 43.4 Å². The van der Waals surface area contributed by atoms with Gasteiger partial charge in [-0.15, -0.1) is 13.2 Å². The zero-order chi connectivity index (χ0) is 14.8. The highest BCUT2D eigenvalue weighted by Gasteiger charge is 2.40. The van der Waals surface area contributed by atoms with Gasteiger partial charge in [0.2, 0.25) is 0 Å². The van der Waals surface area contributed by atoms with Crippen LogP contribution in [0.4, 0.5) is 13.2 Å². The maximum atomic E-state index is 12.0. The van der Waals surface area contributed by atoms with E-state index < -0.39 is 6.36 Å². The first kappa shape index (κ1) is 15.1. The quantitative estimate of drug-likeness (QED) is 0.846. The van der Waals surface area contributed by atoms with Gasteiger partial charge in [-0.2, -0.15) is 0 Å². The predicted octanol–water partition coefficient (Wildman–Crippen LogP) is 2.84. The van der Waals surface area contributed by atoms with E-state index in [1.54, 1.807) is 12.1 Å². The van der Waals surface area contributed by atoms with E-state index in [4.69, 9.17) is 0 Å². The van der Waals surface area contributed by atoms with Crippen LogP contribution in [0.3, 0.4) is 0 Å². The fourth-order valence-corrected chi connectivity index (χ4v) is 2.16. The average Bonchev–Trinajstić information content (AvgIpc) is 3.20. The summed E-state index contributed by atoms with van der Waals surface area (Å²) in [5.74, 6) is 0.244. The Kier molecular flexibility index (Phi) is 4.25. The molecule has 0 bridgehead atoms. The molecular formula is C14H18F3NO2. The Labute approximate surface area is 115 Å². The summed E-state index contributed by atoms with van der Waals surface area (Å²) in [6, 6.07) is 5.74. The van der Waals surface area contributed by atoms with Gasteiger partial charge in [0, 0.05) is 12.1 Å². The van der Waals surface area contributed by atoms with Crippen molar-refractivity contribution in [3.8, 4) is 5.75 Å². The minimum absolute atomic E-state index is 0.0485. The van der Waals surface area contributed by atoms with Crippen molar-refractivity contribution in [2.24, 2.45) is 5.92 Å². The first-order valence-corrected chi connectivity index (χ1v) is 6.53. The molecule has 1 aromatic rings. The maximum Gasteiger partial charge on any atom is 0.573 e. The summed E-state index contributed by atoms with van der Waals surface area (Å²) in [7, 11) is 0. The highest BCUT2D eigenvalue weighted by Crippen LogP contribution is 2.39. The van der Waals surface area contributed by atoms with Crippen LogP contribution in [-0.4, -0.2) is 23.6 Å². The molecule has 1 aliphatic rings. The number of aliphatic hydroxyl groups is 1. The molecule has 20 heavy (non-hydrogen) atoms. The molecule has 0 heterocycles. The lowest BCUT2D eigenvalue weighted by molar-refractivity contribution is -0.274. The summed E-state index contributed by atoms with van der Waals surface area (Å²) < 4.78 is 39.9. The van der Waals surface area contributed by atoms with Crippen molar-refractivity contribution in [3.05, 3.63) is 29.8 Å². The Morgan fingerprint density at radius 2 is 1.85 bits per heavy atom. The Morgan fingerprint density at radius 1 is 1.25 bits per heavy atom. The molecule has 0 spiro atoms. The fraction of sp³-hybridized carbons (Fsp3) is 0.571. The summed E-state index contributed by atoms with van der Waals surface area (Å²) in [4.78, 5) is 0. The largest absolute Gasteiger partial charge is 0.573 e. The van der Waals surface area contributed by atoms with Crippen molar-refractivity contribution in [2.45, 2.75) is 38.2 Å². The molecule has 112 valence electrons. The van der Waals surface area contributed by atoms with E-state index in [1.807, 2.05) is 6.92 Å². The van der Waals surface area contributed by atoms with Crippen LogP contribution in [0.5, 0.6) is 5.75 Å². The van der Waals surface area contributed by atoms with Gasteiger partial charge in [-0.25, -0.2) is 0 Å². The molecule has 2 rings (SSSR count). The smallest absolute Gasteiger partial charge is 0.406 e. The van der Waals surface area contributed by atoms with Crippen LogP contribution in [0.1, 0.15) is 25.3 Å². The molecule has 0 saturated heterocycles. The average molecular weight is 289 g/mol. The number of rotatable bonds is 6. The zero-order valence-corrected chi connectivity index (χ0v) is 11.2. The normalized spacial score (nSPS) is 18.6. The molecule has 1 saturated carbocycles. The molecular weight excluding hydrogens is 271 g/mol. The van der Waals surface area contributed by atoms with Gasteiger partial charge in [-0.1, -0.05) is 12.1 Å². The van der Waals surface area contributed by atoms with Crippen LogP contribution in [0, 0.1) is 5.92 Å². The molecule has 1 aromatic carbocycles. The van der Waals surface area contributed by atoms with Gasteiger partial charge < -0.3 is 15.2 Å². The van der Waals surface area contributed by atoms with E-state index >= 15 is 0 Å². The van der Waals surface area contributed by atoms with E-state index in [-0.39, 0.29) is 17.9 Å². The molecule has 3 nitrogen and oxygen atoms in total. The van der Waals surface area contributed by atoms with Crippen molar-refractivity contribution >= 4 is 0 Å². The lowest BCUT2D eigenvalue weighted by Gasteiger charge is -2.29. The molecule has 1 atom stereocenters. The van der Waals surface area contributed by atoms with Crippen LogP contribution in [0.25, 0.3) is 0 Å². The predicted molar refractivity (Wildman–Crippen MR) is 68.2 cm³/mol. The van der Waals surface area contributed by atoms with Gasteiger partial charge in [-0.3, -0.25) is 0 Å². The van der Waals surface area contributed by atoms with E-state index in [0.717, 1.165) is 18.4 Å². The highest BCUT2D eigenvalue weighted by atomic mass is 19.4. The Balaban J connectivity index is 1.90. The first-order valence-electron chi connectivity index (χ1n) is 6.53. The Morgan fingerprint density at radius 3 is 2.30 bits per heavy atom. The third-order valence-corrected chi connectivity index (χ3v) is 3.66. The molecule has 2 N–H and O–H groups in total. The second kappa shape index (κ2) is 5.61. The zero-order valence-electron chi connectivity index (χ0n) is 11.2. The van der Waals surface area contributed by atoms with Crippen LogP contribution in [0.15, 0.2) is 24.3 Å². The SMILES string of the molecule is CC(CO)(NCc1ccc(OC(F)(F)F)cc1)C1CC1. The maximum absolute atomic E-state index is 12.0. The number of hydrogen-bond donors (Lipinski definition) is 2. The third-order valence-electron chi connectivity index (χ3n) is 3.66. The fourth-order valence-electron chi connectivity index (χ4n) is 2.16. The van der Waals surface area contributed by atoms with E-state index in [9.17, 15) is 18.3 Å². The third kappa shape index (κ3) is 4.11. The molecule has 1 fully saturated rings. The summed E-state index contributed by atoms with van der Waals surface area (Å²) in [5.41, 5.74) is 0.529. The molecule has 1 unspecified atom stereocenters. The monoisotopic (exact) mass is 289 g/mol. The van der Waals surface area contributed by atoms with Crippen molar-refractivity contribution < 1.29 is 23.0 Å². The van der Waals surface area contributed by atoms with Crippen LogP contribution in [-0.2, 0) is 6.54 Å². The number of aliphatic hydroxyl groups excluding tert-OH is 1. The van der Waals surface area contributed by atoms with E-state index in [2.05, 4.69) is 10.1 Å². The number of hydrogen-bond acceptors (Lipinski definition) is 3. The van der Waals surface area contributed by atoms with E-state index in [0.29, 0.717) is 12.5 Å². The van der Waals surface area contributed by atoms with Crippen LogP contribution >= 0.6 is 0 Å². The lowest BCUT2D eigenvalue weighted by Crippen LogP contribution is -2.47. The minimum Gasteiger partial charge on any atom is -0.406 e. The highest BCUT2D eigenvalue weighted by molar-refractivity contribution is 5.27. The first-order chi connectivity index (χ1) is 9.32. The van der Waals surface area contributed by atoms with Crippen LogP contribution in [0.2, 0.25) is 0 Å². The van der Waals surface area contributed by atoms with E-state index in [1.165, 1.54) is 12.1 Å². The van der Waals surface area contributed by atoms with Gasteiger partial charge in [0.15, 0.2) is 0 Å². The number of benzene rings is 1. The number of halogens is 3. The second-order valence-electron chi connectivity index (χ2n) is 5.40. The Bertz CT molecular complexity index is 443. The molecule has 0 aromatic heterocycles. The number of alkyl halides is 3. The second-order valence-corrected chi connectivity index (χ2v) is 5.40. The minimum atomic E-state index is -4.67. The number of ether oxygens (including phenoxy) is 1. The van der Waals surface area contributed by atoms with Crippen LogP contribution < -0.4 is 10.1 Å². The molecule has 0 aliphatic heterocycles. The molecule has 1 aliphatic carbocycles. The van der Waals surface area contributed by atoms with Gasteiger partial charge in [0.25, 0.3) is 0 Å². The van der Waals surface area contributed by atoms with Crippen molar-refractivity contribution in [3.63, 3.8) is 0 Å². The van der Waals surface area contributed by atoms with Gasteiger partial charge >= 0.3 is 6.36 Å². The Hall–Kier alpha value is -1.27. The lowest BCUT2D eigenvalue weighted by atomic mass is 9.96.